The predicted molar refractivity (Wildman–Crippen MR) is 175 cm³/mol. The number of thiocarbonyl (C=S) groups is 2. The Morgan fingerprint density at radius 3 is 2.44 bits per heavy atom. The van der Waals surface area contributed by atoms with Gasteiger partial charge in [-0.1, -0.05) is 87.8 Å². The minimum Gasteiger partial charge on any atom is -0.464 e. The van der Waals surface area contributed by atoms with E-state index in [4.69, 9.17) is 28.9 Å². The third kappa shape index (κ3) is 3.00. The molecule has 2 aliphatic heterocycles. The SMILES string of the molecule is CC1(C)c2cc(/C=C3/C(=S)c4cc5ccoc5cc4C3=S)sc2N2c3ccccc3[Si](C)(C)c3cccc1c32. The van der Waals surface area contributed by atoms with Crippen molar-refractivity contribution in [3.8, 4) is 0 Å². The fourth-order valence-corrected chi connectivity index (χ4v) is 11.7. The van der Waals surface area contributed by atoms with Gasteiger partial charge in [0.25, 0.3) is 0 Å². The van der Waals surface area contributed by atoms with Gasteiger partial charge < -0.3 is 9.32 Å². The molecule has 0 bridgehead atoms. The lowest BCUT2D eigenvalue weighted by molar-refractivity contribution is 0.616. The van der Waals surface area contributed by atoms with E-state index in [9.17, 15) is 0 Å². The molecule has 2 aromatic heterocycles. The van der Waals surface area contributed by atoms with Gasteiger partial charge in [0.2, 0.25) is 0 Å². The molecule has 0 radical (unpaired) electrons. The maximum atomic E-state index is 5.98. The highest BCUT2D eigenvalue weighted by molar-refractivity contribution is 7.84. The Balaban J connectivity index is 1.32. The number of furan rings is 1. The molecular formula is C33H25NOS3Si. The Morgan fingerprint density at radius 2 is 1.62 bits per heavy atom. The van der Waals surface area contributed by atoms with Gasteiger partial charge in [-0.3, -0.25) is 0 Å². The molecule has 190 valence electrons. The number of thiophene rings is 1. The molecule has 39 heavy (non-hydrogen) atoms. The zero-order chi connectivity index (χ0) is 26.8. The van der Waals surface area contributed by atoms with Crippen LogP contribution in [0.2, 0.25) is 13.1 Å². The van der Waals surface area contributed by atoms with E-state index in [0.29, 0.717) is 0 Å². The summed E-state index contributed by atoms with van der Waals surface area (Å²) in [6, 6.07) is 24.5. The van der Waals surface area contributed by atoms with Gasteiger partial charge in [0.15, 0.2) is 0 Å². The zero-order valence-electron chi connectivity index (χ0n) is 22.1. The van der Waals surface area contributed by atoms with Crippen LogP contribution < -0.4 is 15.3 Å². The van der Waals surface area contributed by atoms with Crippen molar-refractivity contribution in [2.75, 3.05) is 4.90 Å². The van der Waals surface area contributed by atoms with Gasteiger partial charge >= 0.3 is 0 Å². The first-order chi connectivity index (χ1) is 18.7. The van der Waals surface area contributed by atoms with E-state index in [2.05, 4.69) is 92.5 Å². The van der Waals surface area contributed by atoms with Gasteiger partial charge in [-0.05, 0) is 57.9 Å². The number of allylic oxidation sites excluding steroid dienone is 1. The second kappa shape index (κ2) is 7.73. The molecule has 3 aliphatic rings. The molecule has 1 aliphatic carbocycles. The summed E-state index contributed by atoms with van der Waals surface area (Å²) in [7, 11) is -1.85. The molecule has 4 heterocycles. The van der Waals surface area contributed by atoms with Crippen LogP contribution in [0.1, 0.15) is 41.0 Å². The Morgan fingerprint density at radius 1 is 0.872 bits per heavy atom. The highest BCUT2D eigenvalue weighted by Gasteiger charge is 2.46. The summed E-state index contributed by atoms with van der Waals surface area (Å²) in [6.45, 7) is 9.71. The number of rotatable bonds is 1. The van der Waals surface area contributed by atoms with Gasteiger partial charge in [-0.15, -0.1) is 11.3 Å². The topological polar surface area (TPSA) is 16.4 Å². The van der Waals surface area contributed by atoms with Crippen molar-refractivity contribution >= 4 is 97.4 Å². The second-order valence-corrected chi connectivity index (χ2v) is 18.0. The summed E-state index contributed by atoms with van der Waals surface area (Å²) < 4.78 is 5.65. The van der Waals surface area contributed by atoms with Crippen molar-refractivity contribution in [2.24, 2.45) is 0 Å². The van der Waals surface area contributed by atoms with Gasteiger partial charge in [-0.25, -0.2) is 0 Å². The summed E-state index contributed by atoms with van der Waals surface area (Å²) in [5.74, 6) is 0. The van der Waals surface area contributed by atoms with Crippen LogP contribution in [0.25, 0.3) is 17.0 Å². The van der Waals surface area contributed by atoms with E-state index in [-0.39, 0.29) is 5.41 Å². The molecule has 0 N–H and O–H groups in total. The molecular weight excluding hydrogens is 551 g/mol. The monoisotopic (exact) mass is 575 g/mol. The minimum absolute atomic E-state index is 0.120. The maximum Gasteiger partial charge on any atom is 0.134 e. The van der Waals surface area contributed by atoms with Crippen LogP contribution in [0.3, 0.4) is 0 Å². The molecule has 0 saturated carbocycles. The summed E-state index contributed by atoms with van der Waals surface area (Å²) in [5, 5.41) is 5.36. The number of anilines is 3. The number of hydrogen-bond acceptors (Lipinski definition) is 5. The molecule has 0 unspecified atom stereocenters. The molecule has 5 aromatic rings. The van der Waals surface area contributed by atoms with Crippen molar-refractivity contribution < 1.29 is 4.42 Å². The summed E-state index contributed by atoms with van der Waals surface area (Å²) in [5.41, 5.74) is 9.20. The number of benzene rings is 3. The Kier molecular flexibility index (Phi) is 4.70. The van der Waals surface area contributed by atoms with Crippen molar-refractivity contribution in [1.82, 2.24) is 0 Å². The third-order valence-corrected chi connectivity index (χ3v) is 14.4. The van der Waals surface area contributed by atoms with Crippen LogP contribution >= 0.6 is 35.8 Å². The van der Waals surface area contributed by atoms with E-state index in [1.54, 1.807) is 6.26 Å². The maximum absolute atomic E-state index is 5.98. The lowest BCUT2D eigenvalue weighted by Crippen LogP contribution is -2.59. The smallest absolute Gasteiger partial charge is 0.134 e. The molecule has 0 amide bonds. The Labute approximate surface area is 243 Å². The standard InChI is InChI=1S/C33H25NOS3Si/c1-33(2)23-8-7-11-28-29(23)34(25-9-5-6-10-27(25)39(28,3)4)32-24(33)16-19(38-32)15-22-30(36)20-14-18-12-13-35-26(18)17-21(20)31(22)37/h5-17H,1-4H3/b22-15-. The van der Waals surface area contributed by atoms with Gasteiger partial charge in [0.05, 0.1) is 21.7 Å². The summed E-state index contributed by atoms with van der Waals surface area (Å²) in [4.78, 5) is 5.35. The van der Waals surface area contributed by atoms with Crippen LogP contribution in [0, 0.1) is 0 Å². The van der Waals surface area contributed by atoms with E-state index in [1.807, 2.05) is 23.5 Å². The fraction of sp³-hybridized carbons (Fsp3) is 0.152. The second-order valence-electron chi connectivity index (χ2n) is 11.7. The number of fused-ring (bicyclic) bond motifs is 6. The predicted octanol–water partition coefficient (Wildman–Crippen LogP) is 8.27. The van der Waals surface area contributed by atoms with E-state index < -0.39 is 8.07 Å². The molecule has 0 spiro atoms. The molecule has 0 fully saturated rings. The largest absolute Gasteiger partial charge is 0.464 e. The zero-order valence-corrected chi connectivity index (χ0v) is 25.5. The third-order valence-electron chi connectivity index (χ3n) is 8.89. The van der Waals surface area contributed by atoms with Crippen LogP contribution in [-0.2, 0) is 5.41 Å². The molecule has 2 nitrogen and oxygen atoms in total. The highest BCUT2D eigenvalue weighted by atomic mass is 32.1. The van der Waals surface area contributed by atoms with Crippen molar-refractivity contribution in [2.45, 2.75) is 32.4 Å². The first kappa shape index (κ1) is 23.7. The van der Waals surface area contributed by atoms with Crippen LogP contribution in [0.4, 0.5) is 16.4 Å². The van der Waals surface area contributed by atoms with Crippen LogP contribution in [0.5, 0.6) is 0 Å². The van der Waals surface area contributed by atoms with E-state index in [1.165, 1.54) is 42.8 Å². The molecule has 3 aromatic carbocycles. The lowest BCUT2D eigenvalue weighted by atomic mass is 9.75. The fourth-order valence-electron chi connectivity index (χ4n) is 6.75. The van der Waals surface area contributed by atoms with Crippen molar-refractivity contribution in [1.29, 1.82) is 0 Å². The van der Waals surface area contributed by atoms with E-state index >= 15 is 0 Å². The molecule has 0 atom stereocenters. The van der Waals surface area contributed by atoms with Gasteiger partial charge in [-0.2, -0.15) is 0 Å². The number of hydrogen-bond donors (Lipinski definition) is 0. The van der Waals surface area contributed by atoms with Crippen LogP contribution in [-0.4, -0.2) is 17.8 Å². The summed E-state index contributed by atoms with van der Waals surface area (Å²) in [6.07, 6.45) is 3.93. The van der Waals surface area contributed by atoms with E-state index in [0.717, 1.165) is 37.4 Å². The van der Waals surface area contributed by atoms with Crippen molar-refractivity contribution in [3.63, 3.8) is 0 Å². The molecule has 6 heteroatoms. The number of para-hydroxylation sites is 2. The lowest BCUT2D eigenvalue weighted by Gasteiger charge is -2.47. The van der Waals surface area contributed by atoms with Crippen LogP contribution in [0.15, 0.2) is 83.0 Å². The first-order valence-electron chi connectivity index (χ1n) is 13.2. The average molecular weight is 576 g/mol. The average Bonchev–Trinajstić information content (AvgIpc) is 3.62. The summed E-state index contributed by atoms with van der Waals surface area (Å²) >= 11 is 13.8. The quantitative estimate of drug-likeness (QED) is 0.114. The highest BCUT2D eigenvalue weighted by Crippen LogP contribution is 2.56. The van der Waals surface area contributed by atoms with Gasteiger partial charge in [0.1, 0.15) is 18.7 Å². The first-order valence-corrected chi connectivity index (χ1v) is 17.8. The molecule has 8 rings (SSSR count). The minimum atomic E-state index is -1.85. The Bertz CT molecular complexity index is 1920. The number of nitrogens with zero attached hydrogens (tertiary/aromatic N) is 1. The Hall–Kier alpha value is -3.16. The van der Waals surface area contributed by atoms with Gasteiger partial charge in [0, 0.05) is 38.1 Å². The van der Waals surface area contributed by atoms with Crippen molar-refractivity contribution in [3.05, 3.63) is 106 Å². The molecule has 0 saturated heterocycles. The normalized spacial score (nSPS) is 18.8.